The van der Waals surface area contributed by atoms with Crippen LogP contribution in [0.2, 0.25) is 0 Å². The zero-order chi connectivity index (χ0) is 21.2. The molecule has 1 atom stereocenters. The van der Waals surface area contributed by atoms with Crippen molar-refractivity contribution in [3.8, 4) is 11.5 Å². The van der Waals surface area contributed by atoms with Gasteiger partial charge in [0.2, 0.25) is 5.91 Å². The Hall–Kier alpha value is -2.86. The van der Waals surface area contributed by atoms with Gasteiger partial charge in [-0.1, -0.05) is 18.2 Å². The topological polar surface area (TPSA) is 60.9 Å². The first kappa shape index (κ1) is 21.8. The number of hydrogen-bond acceptors (Lipinski definition) is 5. The van der Waals surface area contributed by atoms with Crippen LogP contribution in [0, 0.1) is 5.92 Å². The van der Waals surface area contributed by atoms with Crippen LogP contribution in [-0.4, -0.2) is 42.7 Å². The number of nitrogens with zero attached hydrogens (tertiary/aromatic N) is 2. The van der Waals surface area contributed by atoms with Gasteiger partial charge in [0, 0.05) is 44.4 Å². The predicted octanol–water partition coefficient (Wildman–Crippen LogP) is 4.00. The van der Waals surface area contributed by atoms with E-state index in [1.54, 1.807) is 25.6 Å². The van der Waals surface area contributed by atoms with Gasteiger partial charge in [0.05, 0.1) is 20.3 Å². The van der Waals surface area contributed by atoms with Gasteiger partial charge in [0.1, 0.15) is 0 Å². The summed E-state index contributed by atoms with van der Waals surface area (Å²) >= 11 is 0. The molecule has 1 aliphatic heterocycles. The molecule has 6 heteroatoms. The van der Waals surface area contributed by atoms with E-state index >= 15 is 0 Å². The van der Waals surface area contributed by atoms with Crippen LogP contribution in [0.3, 0.4) is 0 Å². The number of methoxy groups -OCH3 is 1. The molecule has 2 aromatic rings. The van der Waals surface area contributed by atoms with Crippen molar-refractivity contribution in [3.63, 3.8) is 0 Å². The first-order valence-corrected chi connectivity index (χ1v) is 10.3. The molecule has 30 heavy (non-hydrogen) atoms. The molecule has 1 aromatic heterocycles. The molecule has 0 N–H and O–H groups in total. The van der Waals surface area contributed by atoms with Crippen LogP contribution in [0.15, 0.2) is 55.4 Å². The largest absolute Gasteiger partial charge is 0.493 e. The van der Waals surface area contributed by atoms with E-state index < -0.39 is 0 Å². The van der Waals surface area contributed by atoms with Gasteiger partial charge in [-0.2, -0.15) is 0 Å². The van der Waals surface area contributed by atoms with E-state index in [-0.39, 0.29) is 5.91 Å². The van der Waals surface area contributed by atoms with E-state index in [1.165, 1.54) is 0 Å². The van der Waals surface area contributed by atoms with E-state index in [1.807, 2.05) is 35.2 Å². The third kappa shape index (κ3) is 6.32. The minimum absolute atomic E-state index is 0.0835. The van der Waals surface area contributed by atoms with Crippen molar-refractivity contribution in [2.45, 2.75) is 32.4 Å². The van der Waals surface area contributed by atoms with Gasteiger partial charge in [-0.05, 0) is 42.2 Å². The summed E-state index contributed by atoms with van der Waals surface area (Å²) in [6.45, 7) is 6.84. The minimum atomic E-state index is 0.0835. The number of carbonyl (C=O) groups excluding carboxylic acids is 1. The second-order valence-corrected chi connectivity index (χ2v) is 7.46. The fourth-order valence-corrected chi connectivity index (χ4v) is 3.40. The standard InChI is InChI=1S/C24H30N2O4/c1-3-4-7-24(27)26(16-20-6-5-11-25-14-20)15-19-8-9-22(28-2)23(13-19)30-18-21-10-12-29-17-21/h3,5-6,8-9,11,13-14,21H,1,4,7,10,12,15-18H2,2H3/t21-/m1/s1. The molecule has 2 heterocycles. The Morgan fingerprint density at radius 1 is 1.30 bits per heavy atom. The van der Waals surface area contributed by atoms with Crippen LogP contribution in [0.25, 0.3) is 0 Å². The number of benzene rings is 1. The summed E-state index contributed by atoms with van der Waals surface area (Å²) in [4.78, 5) is 18.8. The van der Waals surface area contributed by atoms with Gasteiger partial charge in [-0.25, -0.2) is 0 Å². The molecule has 1 fully saturated rings. The lowest BCUT2D eigenvalue weighted by atomic mass is 10.1. The zero-order valence-electron chi connectivity index (χ0n) is 17.6. The van der Waals surface area contributed by atoms with Crippen LogP contribution in [-0.2, 0) is 22.6 Å². The van der Waals surface area contributed by atoms with E-state index in [0.29, 0.717) is 50.0 Å². The fraction of sp³-hybridized carbons (Fsp3) is 0.417. The van der Waals surface area contributed by atoms with Gasteiger partial charge in [0.25, 0.3) is 0 Å². The molecule has 160 valence electrons. The maximum Gasteiger partial charge on any atom is 0.223 e. The highest BCUT2D eigenvalue weighted by Crippen LogP contribution is 2.30. The Kier molecular flexibility index (Phi) is 8.27. The number of allylic oxidation sites excluding steroid dienone is 1. The molecule has 1 amide bonds. The number of aromatic nitrogens is 1. The van der Waals surface area contributed by atoms with Crippen molar-refractivity contribution < 1.29 is 19.0 Å². The number of pyridine rings is 1. The van der Waals surface area contributed by atoms with Gasteiger partial charge >= 0.3 is 0 Å². The lowest BCUT2D eigenvalue weighted by Gasteiger charge is -2.23. The third-order valence-electron chi connectivity index (χ3n) is 5.11. The molecule has 1 aromatic carbocycles. The molecular weight excluding hydrogens is 380 g/mol. The number of hydrogen-bond donors (Lipinski definition) is 0. The number of carbonyl (C=O) groups is 1. The molecular formula is C24H30N2O4. The average molecular weight is 411 g/mol. The Labute approximate surface area is 178 Å². The lowest BCUT2D eigenvalue weighted by Crippen LogP contribution is -2.29. The molecule has 0 aliphatic carbocycles. The van der Waals surface area contributed by atoms with E-state index in [2.05, 4.69) is 11.6 Å². The van der Waals surface area contributed by atoms with Crippen LogP contribution >= 0.6 is 0 Å². The van der Waals surface area contributed by atoms with Gasteiger partial charge in [0.15, 0.2) is 11.5 Å². The maximum atomic E-state index is 12.8. The molecule has 1 saturated heterocycles. The Balaban J connectivity index is 1.73. The monoisotopic (exact) mass is 410 g/mol. The highest BCUT2D eigenvalue weighted by atomic mass is 16.5. The Morgan fingerprint density at radius 3 is 2.87 bits per heavy atom. The maximum absolute atomic E-state index is 12.8. The van der Waals surface area contributed by atoms with Crippen molar-refractivity contribution in [2.24, 2.45) is 5.92 Å². The van der Waals surface area contributed by atoms with Gasteiger partial charge in [-0.3, -0.25) is 9.78 Å². The zero-order valence-corrected chi connectivity index (χ0v) is 17.6. The molecule has 0 spiro atoms. The van der Waals surface area contributed by atoms with Crippen LogP contribution in [0.1, 0.15) is 30.4 Å². The average Bonchev–Trinajstić information content (AvgIpc) is 3.30. The third-order valence-corrected chi connectivity index (χ3v) is 5.11. The summed E-state index contributed by atoms with van der Waals surface area (Å²) in [5.41, 5.74) is 1.99. The van der Waals surface area contributed by atoms with Gasteiger partial charge in [-0.15, -0.1) is 6.58 Å². The van der Waals surface area contributed by atoms with Gasteiger partial charge < -0.3 is 19.1 Å². The molecule has 0 unspecified atom stereocenters. The number of rotatable bonds is 11. The highest BCUT2D eigenvalue weighted by Gasteiger charge is 2.19. The van der Waals surface area contributed by atoms with Crippen LogP contribution < -0.4 is 9.47 Å². The summed E-state index contributed by atoms with van der Waals surface area (Å²) in [6.07, 6.45) is 7.40. The molecule has 0 bridgehead atoms. The van der Waals surface area contributed by atoms with Crippen molar-refractivity contribution in [1.82, 2.24) is 9.88 Å². The van der Waals surface area contributed by atoms with Crippen molar-refractivity contribution >= 4 is 5.91 Å². The lowest BCUT2D eigenvalue weighted by molar-refractivity contribution is -0.132. The fourth-order valence-electron chi connectivity index (χ4n) is 3.40. The summed E-state index contributed by atoms with van der Waals surface area (Å²) in [5, 5.41) is 0. The number of ether oxygens (including phenoxy) is 3. The molecule has 3 rings (SSSR count). The Morgan fingerprint density at radius 2 is 2.17 bits per heavy atom. The van der Waals surface area contributed by atoms with Crippen LogP contribution in [0.4, 0.5) is 0 Å². The van der Waals surface area contributed by atoms with E-state index in [9.17, 15) is 4.79 Å². The quantitative estimate of drug-likeness (QED) is 0.524. The summed E-state index contributed by atoms with van der Waals surface area (Å²) in [7, 11) is 1.63. The number of amides is 1. The van der Waals surface area contributed by atoms with Crippen molar-refractivity contribution in [1.29, 1.82) is 0 Å². The smallest absolute Gasteiger partial charge is 0.223 e. The summed E-state index contributed by atoms with van der Waals surface area (Å²) in [6, 6.07) is 9.69. The van der Waals surface area contributed by atoms with Crippen molar-refractivity contribution in [2.75, 3.05) is 26.9 Å². The second-order valence-electron chi connectivity index (χ2n) is 7.46. The molecule has 0 saturated carbocycles. The first-order chi connectivity index (χ1) is 14.7. The van der Waals surface area contributed by atoms with E-state index in [4.69, 9.17) is 14.2 Å². The normalized spacial score (nSPS) is 15.6. The summed E-state index contributed by atoms with van der Waals surface area (Å²) < 4.78 is 16.9. The molecule has 0 radical (unpaired) electrons. The van der Waals surface area contributed by atoms with E-state index in [0.717, 1.165) is 30.8 Å². The molecule has 1 aliphatic rings. The minimum Gasteiger partial charge on any atom is -0.493 e. The SMILES string of the molecule is C=CCCC(=O)N(Cc1cccnc1)Cc1ccc(OC)c(OC[C@@H]2CCOC2)c1. The van der Waals surface area contributed by atoms with Crippen molar-refractivity contribution in [3.05, 3.63) is 66.5 Å². The summed E-state index contributed by atoms with van der Waals surface area (Å²) in [5.74, 6) is 1.87. The predicted molar refractivity (Wildman–Crippen MR) is 115 cm³/mol. The van der Waals surface area contributed by atoms with Crippen LogP contribution in [0.5, 0.6) is 11.5 Å². The first-order valence-electron chi connectivity index (χ1n) is 10.3. The Bertz CT molecular complexity index is 819. The highest BCUT2D eigenvalue weighted by molar-refractivity contribution is 5.76. The molecule has 6 nitrogen and oxygen atoms in total. The second kappa shape index (κ2) is 11.4.